The van der Waals surface area contributed by atoms with Crippen LogP contribution in [0, 0.1) is 0 Å². The molecule has 0 saturated carbocycles. The number of hydrogen-bond acceptors (Lipinski definition) is 5. The summed E-state index contributed by atoms with van der Waals surface area (Å²) in [5.41, 5.74) is 9.80. The SMILES string of the molecule is CCc1ccccc1[C@@H](CC)NC(=O)c1cnc2c(cnn2CC)c1NC1CCN(C(N)=O)CC1. The maximum absolute atomic E-state index is 13.6. The van der Waals surface area contributed by atoms with Gasteiger partial charge < -0.3 is 21.3 Å². The van der Waals surface area contributed by atoms with E-state index in [9.17, 15) is 9.59 Å². The van der Waals surface area contributed by atoms with E-state index in [2.05, 4.69) is 46.7 Å². The minimum Gasteiger partial charge on any atom is -0.381 e. The van der Waals surface area contributed by atoms with Gasteiger partial charge in [-0.1, -0.05) is 38.1 Å². The Balaban J connectivity index is 1.64. The van der Waals surface area contributed by atoms with E-state index in [1.165, 1.54) is 5.56 Å². The number of nitrogens with one attached hydrogen (secondary N) is 2. The number of urea groups is 1. The Labute approximate surface area is 206 Å². The summed E-state index contributed by atoms with van der Waals surface area (Å²) in [4.78, 5) is 31.4. The molecular formula is C26H35N7O2. The molecule has 2 aromatic heterocycles. The van der Waals surface area contributed by atoms with Gasteiger partial charge in [-0.25, -0.2) is 14.5 Å². The number of piperidine rings is 1. The second kappa shape index (κ2) is 10.8. The summed E-state index contributed by atoms with van der Waals surface area (Å²) in [5, 5.41) is 12.1. The Morgan fingerprint density at radius 2 is 1.89 bits per heavy atom. The summed E-state index contributed by atoms with van der Waals surface area (Å²) >= 11 is 0. The molecule has 1 aliphatic heterocycles. The molecule has 0 bridgehead atoms. The minimum absolute atomic E-state index is 0.0978. The second-order valence-electron chi connectivity index (χ2n) is 8.98. The molecule has 4 N–H and O–H groups in total. The van der Waals surface area contributed by atoms with E-state index in [4.69, 9.17) is 5.73 Å². The van der Waals surface area contributed by atoms with Gasteiger partial charge >= 0.3 is 6.03 Å². The molecule has 1 saturated heterocycles. The first-order valence-corrected chi connectivity index (χ1v) is 12.5. The standard InChI is InChI=1S/C26H35N7O2/c1-4-17-9-7-8-10-19(17)22(5-2)31-25(34)21-15-28-24-20(16-29-33(24)6-3)23(21)30-18-11-13-32(14-12-18)26(27)35/h7-10,15-16,18,22H,4-6,11-14H2,1-3H3,(H2,27,35)(H,28,30)(H,31,34)/t22-/m1/s1. The summed E-state index contributed by atoms with van der Waals surface area (Å²) in [6, 6.07) is 7.87. The van der Waals surface area contributed by atoms with Gasteiger partial charge in [-0.3, -0.25) is 4.79 Å². The number of anilines is 1. The quantitative estimate of drug-likeness (QED) is 0.455. The van der Waals surface area contributed by atoms with Crippen LogP contribution in [-0.2, 0) is 13.0 Å². The minimum atomic E-state index is -0.392. The molecule has 1 aliphatic rings. The maximum atomic E-state index is 13.6. The molecule has 1 atom stereocenters. The summed E-state index contributed by atoms with van der Waals surface area (Å²) < 4.78 is 1.82. The number of aromatic nitrogens is 3. The van der Waals surface area contributed by atoms with E-state index >= 15 is 0 Å². The summed E-state index contributed by atoms with van der Waals surface area (Å²) in [5.74, 6) is -0.168. The number of nitrogens with two attached hydrogens (primary N) is 1. The number of aryl methyl sites for hydroxylation is 2. The number of benzene rings is 1. The Kier molecular flexibility index (Phi) is 7.53. The van der Waals surface area contributed by atoms with Crippen LogP contribution < -0.4 is 16.4 Å². The summed E-state index contributed by atoms with van der Waals surface area (Å²) in [7, 11) is 0. The zero-order valence-electron chi connectivity index (χ0n) is 20.8. The van der Waals surface area contributed by atoms with Crippen LogP contribution in [0.4, 0.5) is 10.5 Å². The van der Waals surface area contributed by atoms with Gasteiger partial charge in [0.25, 0.3) is 5.91 Å². The fourth-order valence-electron chi connectivity index (χ4n) is 4.87. The molecule has 3 aromatic rings. The van der Waals surface area contributed by atoms with Crippen molar-refractivity contribution >= 4 is 28.7 Å². The number of rotatable bonds is 8. The Morgan fingerprint density at radius 1 is 1.14 bits per heavy atom. The van der Waals surface area contributed by atoms with Crippen LogP contribution in [0.25, 0.3) is 11.0 Å². The number of primary amides is 1. The molecule has 3 heterocycles. The van der Waals surface area contributed by atoms with Gasteiger partial charge in [0.05, 0.1) is 28.9 Å². The Hall–Kier alpha value is -3.62. The average molecular weight is 478 g/mol. The highest BCUT2D eigenvalue weighted by atomic mass is 16.2. The summed E-state index contributed by atoms with van der Waals surface area (Å²) in [6.45, 7) is 8.08. The molecule has 0 spiro atoms. The smallest absolute Gasteiger partial charge is 0.314 e. The molecule has 4 rings (SSSR count). The van der Waals surface area contributed by atoms with Crippen molar-refractivity contribution in [3.8, 4) is 0 Å². The molecule has 0 aliphatic carbocycles. The van der Waals surface area contributed by atoms with Gasteiger partial charge in [0.2, 0.25) is 0 Å². The van der Waals surface area contributed by atoms with Crippen LogP contribution in [-0.4, -0.2) is 50.7 Å². The lowest BCUT2D eigenvalue weighted by Crippen LogP contribution is -2.45. The first-order valence-electron chi connectivity index (χ1n) is 12.5. The first kappa shape index (κ1) is 24.5. The second-order valence-corrected chi connectivity index (χ2v) is 8.98. The van der Waals surface area contributed by atoms with Crippen LogP contribution in [0.2, 0.25) is 0 Å². The third kappa shape index (κ3) is 5.08. The Morgan fingerprint density at radius 3 is 2.54 bits per heavy atom. The topological polar surface area (TPSA) is 118 Å². The van der Waals surface area contributed by atoms with Crippen molar-refractivity contribution in [3.05, 3.63) is 53.3 Å². The number of amides is 3. The van der Waals surface area contributed by atoms with Crippen molar-refractivity contribution in [2.75, 3.05) is 18.4 Å². The van der Waals surface area contributed by atoms with E-state index in [1.807, 2.05) is 23.7 Å². The number of hydrogen-bond donors (Lipinski definition) is 3. The molecule has 9 heteroatoms. The highest BCUT2D eigenvalue weighted by molar-refractivity contribution is 6.06. The molecule has 0 radical (unpaired) electrons. The predicted octanol–water partition coefficient (Wildman–Crippen LogP) is 3.85. The number of carbonyl (C=O) groups excluding carboxylic acids is 2. The number of fused-ring (bicyclic) bond motifs is 1. The average Bonchev–Trinajstić information content (AvgIpc) is 3.31. The first-order chi connectivity index (χ1) is 17.0. The van der Waals surface area contributed by atoms with Crippen molar-refractivity contribution in [1.82, 2.24) is 25.0 Å². The van der Waals surface area contributed by atoms with Gasteiger partial charge in [-0.05, 0) is 43.7 Å². The van der Waals surface area contributed by atoms with E-state index in [0.29, 0.717) is 25.2 Å². The van der Waals surface area contributed by atoms with E-state index in [1.54, 1.807) is 17.3 Å². The zero-order chi connectivity index (χ0) is 24.9. The van der Waals surface area contributed by atoms with Crippen LogP contribution in [0.1, 0.15) is 67.6 Å². The van der Waals surface area contributed by atoms with Crippen LogP contribution in [0.15, 0.2) is 36.7 Å². The molecule has 0 unspecified atom stereocenters. The van der Waals surface area contributed by atoms with Gasteiger partial charge in [0.1, 0.15) is 0 Å². The van der Waals surface area contributed by atoms with E-state index < -0.39 is 6.03 Å². The van der Waals surface area contributed by atoms with Gasteiger partial charge in [0.15, 0.2) is 5.65 Å². The predicted molar refractivity (Wildman–Crippen MR) is 137 cm³/mol. The normalized spacial score (nSPS) is 15.2. The van der Waals surface area contributed by atoms with Crippen molar-refractivity contribution in [3.63, 3.8) is 0 Å². The van der Waals surface area contributed by atoms with Crippen LogP contribution in [0.3, 0.4) is 0 Å². The molecule has 1 fully saturated rings. The van der Waals surface area contributed by atoms with Gasteiger partial charge in [0, 0.05) is 31.9 Å². The maximum Gasteiger partial charge on any atom is 0.314 e. The fraction of sp³-hybridized carbons (Fsp3) is 0.462. The number of carbonyl (C=O) groups is 2. The number of pyridine rings is 1. The third-order valence-electron chi connectivity index (χ3n) is 6.89. The molecule has 35 heavy (non-hydrogen) atoms. The fourth-order valence-corrected chi connectivity index (χ4v) is 4.87. The van der Waals surface area contributed by atoms with Crippen molar-refractivity contribution in [2.45, 2.75) is 65.1 Å². The Bertz CT molecular complexity index is 1200. The van der Waals surface area contributed by atoms with E-state index in [0.717, 1.165) is 48.0 Å². The highest BCUT2D eigenvalue weighted by Crippen LogP contribution is 2.30. The van der Waals surface area contributed by atoms with Crippen LogP contribution >= 0.6 is 0 Å². The monoisotopic (exact) mass is 477 g/mol. The van der Waals surface area contributed by atoms with Crippen molar-refractivity contribution in [2.24, 2.45) is 5.73 Å². The lowest BCUT2D eigenvalue weighted by Gasteiger charge is -2.32. The molecule has 3 amide bonds. The molecule has 9 nitrogen and oxygen atoms in total. The largest absolute Gasteiger partial charge is 0.381 e. The van der Waals surface area contributed by atoms with Gasteiger partial charge in [-0.15, -0.1) is 0 Å². The van der Waals surface area contributed by atoms with Crippen molar-refractivity contribution < 1.29 is 9.59 Å². The molecular weight excluding hydrogens is 442 g/mol. The highest BCUT2D eigenvalue weighted by Gasteiger charge is 2.26. The summed E-state index contributed by atoms with van der Waals surface area (Å²) in [6.07, 6.45) is 6.59. The molecule has 1 aromatic carbocycles. The van der Waals surface area contributed by atoms with Crippen molar-refractivity contribution in [1.29, 1.82) is 0 Å². The number of likely N-dealkylation sites (tertiary alicyclic amines) is 1. The van der Waals surface area contributed by atoms with Crippen LogP contribution in [0.5, 0.6) is 0 Å². The third-order valence-corrected chi connectivity index (χ3v) is 6.89. The lowest BCUT2D eigenvalue weighted by atomic mass is 9.96. The van der Waals surface area contributed by atoms with E-state index in [-0.39, 0.29) is 18.0 Å². The molecule has 186 valence electrons. The lowest BCUT2D eigenvalue weighted by molar-refractivity contribution is 0.0936. The zero-order valence-corrected chi connectivity index (χ0v) is 20.8. The van der Waals surface area contributed by atoms with Gasteiger partial charge in [-0.2, -0.15) is 5.10 Å². The number of nitrogens with zero attached hydrogens (tertiary/aromatic N) is 4.